The van der Waals surface area contributed by atoms with Crippen LogP contribution in [0.4, 0.5) is 0 Å². The third-order valence-corrected chi connectivity index (χ3v) is 7.94. The molecule has 3 rings (SSSR count). The summed E-state index contributed by atoms with van der Waals surface area (Å²) in [4.78, 5) is 4.75. The zero-order chi connectivity index (χ0) is 23.5. The molecule has 0 aliphatic heterocycles. The van der Waals surface area contributed by atoms with Crippen LogP contribution >= 0.6 is 0 Å². The molecule has 0 amide bonds. The molecular formula is C31H44N2. The minimum absolute atomic E-state index is 0.0902. The van der Waals surface area contributed by atoms with Crippen LogP contribution in [-0.4, -0.2) is 4.98 Å². The van der Waals surface area contributed by atoms with Gasteiger partial charge in [-0.15, -0.1) is 0 Å². The van der Waals surface area contributed by atoms with E-state index in [1.54, 1.807) is 0 Å². The SMILES string of the molecule is CCCCCCCCc1ccc(-c2ccc(C3CCC(C#N)(C[C@@H](C)CC)CC3)cc2)nc1. The van der Waals surface area contributed by atoms with Crippen molar-refractivity contribution in [2.45, 2.75) is 110 Å². The zero-order valence-electron chi connectivity index (χ0n) is 21.3. The first kappa shape index (κ1) is 25.5. The maximum atomic E-state index is 9.86. The standard InChI is InChI=1S/C31H44N2/c1-4-6-7-8-9-10-11-26-12-17-30(33-23-26)29-15-13-27(14-16-29)28-18-20-31(24-32,21-19-28)22-25(3)5-2/h12-17,23,25,28H,4-11,18-22H2,1-3H3/t25-,28?,31?/m0/s1. The number of hydrogen-bond acceptors (Lipinski definition) is 2. The van der Waals surface area contributed by atoms with Crippen LogP contribution in [0.25, 0.3) is 11.3 Å². The Morgan fingerprint density at radius 1 is 0.970 bits per heavy atom. The highest BCUT2D eigenvalue weighted by atomic mass is 14.7. The van der Waals surface area contributed by atoms with Gasteiger partial charge in [0.15, 0.2) is 0 Å². The average Bonchev–Trinajstić information content (AvgIpc) is 2.87. The highest BCUT2D eigenvalue weighted by molar-refractivity contribution is 5.59. The molecule has 1 aliphatic rings. The Labute approximate surface area is 202 Å². The predicted octanol–water partition coefficient (Wildman–Crippen LogP) is 9.26. The van der Waals surface area contributed by atoms with Crippen LogP contribution in [0.2, 0.25) is 0 Å². The lowest BCUT2D eigenvalue weighted by Crippen LogP contribution is -2.27. The molecule has 0 unspecified atom stereocenters. The lowest BCUT2D eigenvalue weighted by molar-refractivity contribution is 0.198. The maximum absolute atomic E-state index is 9.86. The molecular weight excluding hydrogens is 400 g/mol. The van der Waals surface area contributed by atoms with Gasteiger partial charge in [0.25, 0.3) is 0 Å². The van der Waals surface area contributed by atoms with E-state index in [4.69, 9.17) is 4.98 Å². The summed E-state index contributed by atoms with van der Waals surface area (Å²) in [5.41, 5.74) is 4.95. The Kier molecular flexibility index (Phi) is 9.98. The second kappa shape index (κ2) is 12.9. The topological polar surface area (TPSA) is 36.7 Å². The van der Waals surface area contributed by atoms with Gasteiger partial charge in [0.05, 0.1) is 17.2 Å². The van der Waals surface area contributed by atoms with E-state index < -0.39 is 0 Å². The van der Waals surface area contributed by atoms with Gasteiger partial charge in [-0.25, -0.2) is 0 Å². The van der Waals surface area contributed by atoms with Gasteiger partial charge in [-0.05, 0) is 74.0 Å². The summed E-state index contributed by atoms with van der Waals surface area (Å²) >= 11 is 0. The Morgan fingerprint density at radius 2 is 1.67 bits per heavy atom. The van der Waals surface area contributed by atoms with Gasteiger partial charge in [-0.2, -0.15) is 5.26 Å². The number of rotatable bonds is 12. The molecule has 178 valence electrons. The number of aromatic nitrogens is 1. The zero-order valence-corrected chi connectivity index (χ0v) is 21.3. The summed E-state index contributed by atoms with van der Waals surface area (Å²) < 4.78 is 0. The second-order valence-corrected chi connectivity index (χ2v) is 10.6. The predicted molar refractivity (Wildman–Crippen MR) is 140 cm³/mol. The average molecular weight is 445 g/mol. The minimum Gasteiger partial charge on any atom is -0.256 e. The van der Waals surface area contributed by atoms with E-state index in [9.17, 15) is 5.26 Å². The quantitative estimate of drug-likeness (QED) is 0.306. The van der Waals surface area contributed by atoms with Crippen LogP contribution in [0.3, 0.4) is 0 Å². The lowest BCUT2D eigenvalue weighted by Gasteiger charge is -2.36. The van der Waals surface area contributed by atoms with E-state index in [1.807, 2.05) is 0 Å². The van der Waals surface area contributed by atoms with Gasteiger partial charge >= 0.3 is 0 Å². The van der Waals surface area contributed by atoms with Crippen molar-refractivity contribution in [2.24, 2.45) is 11.3 Å². The summed E-state index contributed by atoms with van der Waals surface area (Å²) in [5, 5.41) is 9.86. The van der Waals surface area contributed by atoms with Gasteiger partial charge < -0.3 is 0 Å². The van der Waals surface area contributed by atoms with Crippen LogP contribution in [0.1, 0.15) is 115 Å². The summed E-state index contributed by atoms with van der Waals surface area (Å²) in [6, 6.07) is 16.2. The third-order valence-electron chi connectivity index (χ3n) is 7.94. The van der Waals surface area contributed by atoms with Crippen molar-refractivity contribution in [3.05, 3.63) is 53.7 Å². The Balaban J connectivity index is 1.51. The second-order valence-electron chi connectivity index (χ2n) is 10.6. The summed E-state index contributed by atoms with van der Waals surface area (Å²) in [6.45, 7) is 6.80. The smallest absolute Gasteiger partial charge is 0.0702 e. The highest BCUT2D eigenvalue weighted by Crippen LogP contribution is 2.46. The molecule has 33 heavy (non-hydrogen) atoms. The molecule has 1 aromatic carbocycles. The number of nitriles is 1. The number of pyridine rings is 1. The molecule has 1 heterocycles. The monoisotopic (exact) mass is 444 g/mol. The van der Waals surface area contributed by atoms with Crippen LogP contribution < -0.4 is 0 Å². The van der Waals surface area contributed by atoms with Gasteiger partial charge in [0.1, 0.15) is 0 Å². The number of nitrogens with zero attached hydrogens (tertiary/aromatic N) is 2. The van der Waals surface area contributed by atoms with Gasteiger partial charge in [-0.1, -0.05) is 89.6 Å². The molecule has 1 atom stereocenters. The van der Waals surface area contributed by atoms with E-state index in [1.165, 1.54) is 61.6 Å². The van der Waals surface area contributed by atoms with Gasteiger partial charge in [0.2, 0.25) is 0 Å². The molecule has 1 fully saturated rings. The minimum atomic E-state index is -0.0902. The molecule has 1 aliphatic carbocycles. The van der Waals surface area contributed by atoms with E-state index in [0.717, 1.165) is 44.2 Å². The molecule has 2 nitrogen and oxygen atoms in total. The van der Waals surface area contributed by atoms with E-state index in [0.29, 0.717) is 11.8 Å². The first-order chi connectivity index (χ1) is 16.1. The van der Waals surface area contributed by atoms with Crippen molar-refractivity contribution in [1.82, 2.24) is 4.98 Å². The fourth-order valence-corrected chi connectivity index (χ4v) is 5.46. The van der Waals surface area contributed by atoms with Crippen molar-refractivity contribution in [3.63, 3.8) is 0 Å². The summed E-state index contributed by atoms with van der Waals surface area (Å²) in [7, 11) is 0. The number of benzene rings is 1. The van der Waals surface area contributed by atoms with Crippen molar-refractivity contribution in [2.75, 3.05) is 0 Å². The van der Waals surface area contributed by atoms with E-state index in [-0.39, 0.29) is 5.41 Å². The summed E-state index contributed by atoms with van der Waals surface area (Å²) in [6.07, 6.45) is 17.8. The van der Waals surface area contributed by atoms with Crippen molar-refractivity contribution >= 4 is 0 Å². The molecule has 2 heteroatoms. The molecule has 0 spiro atoms. The third kappa shape index (κ3) is 7.43. The first-order valence-corrected chi connectivity index (χ1v) is 13.6. The van der Waals surface area contributed by atoms with Crippen molar-refractivity contribution in [1.29, 1.82) is 5.26 Å². The highest BCUT2D eigenvalue weighted by Gasteiger charge is 2.36. The van der Waals surface area contributed by atoms with Gasteiger partial charge in [0, 0.05) is 11.8 Å². The normalized spacial score (nSPS) is 21.5. The van der Waals surface area contributed by atoms with Crippen molar-refractivity contribution < 1.29 is 0 Å². The molecule has 0 N–H and O–H groups in total. The van der Waals surface area contributed by atoms with Crippen LogP contribution in [-0.2, 0) is 6.42 Å². The molecule has 0 bridgehead atoms. The number of hydrogen-bond donors (Lipinski definition) is 0. The molecule has 1 aromatic heterocycles. The molecule has 0 radical (unpaired) electrons. The lowest BCUT2D eigenvalue weighted by atomic mass is 9.66. The fraction of sp³-hybridized carbons (Fsp3) is 0.613. The Morgan fingerprint density at radius 3 is 2.27 bits per heavy atom. The van der Waals surface area contributed by atoms with Gasteiger partial charge in [-0.3, -0.25) is 4.98 Å². The van der Waals surface area contributed by atoms with Crippen LogP contribution in [0, 0.1) is 22.7 Å². The maximum Gasteiger partial charge on any atom is 0.0702 e. The van der Waals surface area contributed by atoms with E-state index in [2.05, 4.69) is 69.4 Å². The number of aryl methyl sites for hydroxylation is 1. The van der Waals surface area contributed by atoms with Crippen molar-refractivity contribution in [3.8, 4) is 17.3 Å². The number of unbranched alkanes of at least 4 members (excludes halogenated alkanes) is 5. The van der Waals surface area contributed by atoms with Crippen LogP contribution in [0.5, 0.6) is 0 Å². The molecule has 0 saturated heterocycles. The fourth-order valence-electron chi connectivity index (χ4n) is 5.46. The van der Waals surface area contributed by atoms with Crippen LogP contribution in [0.15, 0.2) is 42.6 Å². The molecule has 2 aromatic rings. The Hall–Kier alpha value is -2.14. The molecule has 1 saturated carbocycles. The summed E-state index contributed by atoms with van der Waals surface area (Å²) in [5.74, 6) is 1.23. The largest absolute Gasteiger partial charge is 0.256 e. The van der Waals surface area contributed by atoms with E-state index >= 15 is 0 Å². The first-order valence-electron chi connectivity index (χ1n) is 13.6. The Bertz CT molecular complexity index is 851.